The number of nitrogens with one attached hydrogen (secondary N) is 1. The van der Waals surface area contributed by atoms with E-state index in [1.807, 2.05) is 6.07 Å². The summed E-state index contributed by atoms with van der Waals surface area (Å²) >= 11 is 6.04. The first-order chi connectivity index (χ1) is 8.12. The molecule has 1 aromatic carbocycles. The number of nitrogens with zero attached hydrogens (tertiary/aromatic N) is 1. The highest BCUT2D eigenvalue weighted by Gasteiger charge is 2.14. The van der Waals surface area contributed by atoms with Crippen molar-refractivity contribution in [3.63, 3.8) is 0 Å². The molecule has 0 saturated carbocycles. The number of methoxy groups -OCH3 is 1. The first kappa shape index (κ1) is 13.8. The van der Waals surface area contributed by atoms with Gasteiger partial charge in [0.1, 0.15) is 11.8 Å². The lowest BCUT2D eigenvalue weighted by atomic mass is 10.1. The average molecular weight is 253 g/mol. The standard InChI is InChI=1S/C13H17ClN2O/c1-4-9(2)16-12(8-15)10-5-6-13(17-3)11(14)7-10/h5-7,9,12,16H,4H2,1-3H3. The van der Waals surface area contributed by atoms with Gasteiger partial charge in [-0.15, -0.1) is 0 Å². The second-order valence-electron chi connectivity index (χ2n) is 3.93. The van der Waals surface area contributed by atoms with E-state index < -0.39 is 0 Å². The fraction of sp³-hybridized carbons (Fsp3) is 0.462. The first-order valence-corrected chi connectivity index (χ1v) is 5.99. The Labute approximate surface area is 107 Å². The molecule has 0 amide bonds. The van der Waals surface area contributed by atoms with Gasteiger partial charge in [-0.1, -0.05) is 24.6 Å². The van der Waals surface area contributed by atoms with E-state index in [0.717, 1.165) is 12.0 Å². The van der Waals surface area contributed by atoms with Crippen molar-refractivity contribution < 1.29 is 4.74 Å². The van der Waals surface area contributed by atoms with Crippen LogP contribution in [-0.2, 0) is 0 Å². The third kappa shape index (κ3) is 3.62. The number of nitriles is 1. The highest BCUT2D eigenvalue weighted by molar-refractivity contribution is 6.32. The van der Waals surface area contributed by atoms with Crippen molar-refractivity contribution in [1.82, 2.24) is 5.32 Å². The molecule has 1 aromatic rings. The molecule has 92 valence electrons. The Morgan fingerprint density at radius 2 is 2.24 bits per heavy atom. The number of ether oxygens (including phenoxy) is 1. The smallest absolute Gasteiger partial charge is 0.137 e. The van der Waals surface area contributed by atoms with E-state index in [9.17, 15) is 0 Å². The highest BCUT2D eigenvalue weighted by Crippen LogP contribution is 2.27. The first-order valence-electron chi connectivity index (χ1n) is 5.61. The Morgan fingerprint density at radius 3 is 2.71 bits per heavy atom. The predicted molar refractivity (Wildman–Crippen MR) is 69.2 cm³/mol. The van der Waals surface area contributed by atoms with Gasteiger partial charge in [-0.05, 0) is 31.0 Å². The van der Waals surface area contributed by atoms with Gasteiger partial charge in [-0.3, -0.25) is 5.32 Å². The lowest BCUT2D eigenvalue weighted by molar-refractivity contribution is 0.414. The van der Waals surface area contributed by atoms with Crippen LogP contribution in [0.15, 0.2) is 18.2 Å². The van der Waals surface area contributed by atoms with Crippen molar-refractivity contribution in [2.45, 2.75) is 32.4 Å². The van der Waals surface area contributed by atoms with Crippen LogP contribution in [0.4, 0.5) is 0 Å². The second kappa shape index (κ2) is 6.48. The molecule has 1 N–H and O–H groups in total. The molecule has 17 heavy (non-hydrogen) atoms. The van der Waals surface area contributed by atoms with Crippen molar-refractivity contribution >= 4 is 11.6 Å². The second-order valence-corrected chi connectivity index (χ2v) is 4.34. The SMILES string of the molecule is CCC(C)NC(C#N)c1ccc(OC)c(Cl)c1. The number of halogens is 1. The predicted octanol–water partition coefficient (Wildman–Crippen LogP) is 3.30. The zero-order valence-electron chi connectivity index (χ0n) is 10.3. The molecular formula is C13H17ClN2O. The van der Waals surface area contributed by atoms with Gasteiger partial charge in [0.2, 0.25) is 0 Å². The molecule has 0 spiro atoms. The molecular weight excluding hydrogens is 236 g/mol. The van der Waals surface area contributed by atoms with E-state index in [4.69, 9.17) is 21.6 Å². The highest BCUT2D eigenvalue weighted by atomic mass is 35.5. The Hall–Kier alpha value is -1.24. The van der Waals surface area contributed by atoms with Crippen molar-refractivity contribution in [1.29, 1.82) is 5.26 Å². The maximum Gasteiger partial charge on any atom is 0.137 e. The summed E-state index contributed by atoms with van der Waals surface area (Å²) < 4.78 is 5.08. The summed E-state index contributed by atoms with van der Waals surface area (Å²) in [5.74, 6) is 0.621. The summed E-state index contributed by atoms with van der Waals surface area (Å²) in [4.78, 5) is 0. The van der Waals surface area contributed by atoms with Crippen LogP contribution in [0.3, 0.4) is 0 Å². The van der Waals surface area contributed by atoms with Gasteiger partial charge in [0.05, 0.1) is 18.2 Å². The molecule has 0 aliphatic carbocycles. The van der Waals surface area contributed by atoms with Crippen molar-refractivity contribution in [3.8, 4) is 11.8 Å². The minimum absolute atomic E-state index is 0.292. The van der Waals surface area contributed by atoms with E-state index in [0.29, 0.717) is 16.8 Å². The molecule has 1 rings (SSSR count). The summed E-state index contributed by atoms with van der Waals surface area (Å²) in [6, 6.07) is 7.59. The molecule has 0 aromatic heterocycles. The van der Waals surface area contributed by atoms with Crippen LogP contribution in [0.1, 0.15) is 31.9 Å². The third-order valence-electron chi connectivity index (χ3n) is 2.70. The molecule has 0 aliphatic rings. The van der Waals surface area contributed by atoms with Gasteiger partial charge in [-0.25, -0.2) is 0 Å². The van der Waals surface area contributed by atoms with E-state index >= 15 is 0 Å². The van der Waals surface area contributed by atoms with E-state index in [2.05, 4.69) is 25.2 Å². The largest absolute Gasteiger partial charge is 0.495 e. The van der Waals surface area contributed by atoms with Crippen LogP contribution in [0.5, 0.6) is 5.75 Å². The van der Waals surface area contributed by atoms with Crippen molar-refractivity contribution in [2.24, 2.45) is 0 Å². The van der Waals surface area contributed by atoms with E-state index in [-0.39, 0.29) is 6.04 Å². The zero-order chi connectivity index (χ0) is 12.8. The van der Waals surface area contributed by atoms with Crippen LogP contribution >= 0.6 is 11.6 Å². The molecule has 2 unspecified atom stereocenters. The number of hydrogen-bond acceptors (Lipinski definition) is 3. The summed E-state index contributed by atoms with van der Waals surface area (Å²) in [7, 11) is 1.57. The molecule has 0 fully saturated rings. The lowest BCUT2D eigenvalue weighted by Gasteiger charge is -2.17. The monoisotopic (exact) mass is 252 g/mol. The average Bonchev–Trinajstić information content (AvgIpc) is 2.35. The van der Waals surface area contributed by atoms with E-state index in [1.165, 1.54) is 0 Å². The van der Waals surface area contributed by atoms with Crippen molar-refractivity contribution in [2.75, 3.05) is 7.11 Å². The minimum atomic E-state index is -0.339. The van der Waals surface area contributed by atoms with Crippen LogP contribution in [0.25, 0.3) is 0 Å². The van der Waals surface area contributed by atoms with Gasteiger partial charge >= 0.3 is 0 Å². The van der Waals surface area contributed by atoms with Crippen LogP contribution in [0.2, 0.25) is 5.02 Å². The van der Waals surface area contributed by atoms with Gasteiger partial charge in [0.25, 0.3) is 0 Å². The van der Waals surface area contributed by atoms with Crippen LogP contribution in [0, 0.1) is 11.3 Å². The fourth-order valence-corrected chi connectivity index (χ4v) is 1.74. The van der Waals surface area contributed by atoms with E-state index in [1.54, 1.807) is 19.2 Å². The van der Waals surface area contributed by atoms with Gasteiger partial charge < -0.3 is 4.74 Å². The lowest BCUT2D eigenvalue weighted by Crippen LogP contribution is -2.29. The molecule has 0 saturated heterocycles. The van der Waals surface area contributed by atoms with Gasteiger partial charge in [-0.2, -0.15) is 5.26 Å². The summed E-state index contributed by atoms with van der Waals surface area (Å²) in [5, 5.41) is 12.9. The summed E-state index contributed by atoms with van der Waals surface area (Å²) in [6.07, 6.45) is 0.974. The molecule has 4 heteroatoms. The third-order valence-corrected chi connectivity index (χ3v) is 3.00. The maximum absolute atomic E-state index is 9.15. The summed E-state index contributed by atoms with van der Waals surface area (Å²) in [5.41, 5.74) is 0.860. The van der Waals surface area contributed by atoms with Crippen molar-refractivity contribution in [3.05, 3.63) is 28.8 Å². The number of hydrogen-bond donors (Lipinski definition) is 1. The maximum atomic E-state index is 9.15. The molecule has 2 atom stereocenters. The van der Waals surface area contributed by atoms with Crippen LogP contribution < -0.4 is 10.1 Å². The summed E-state index contributed by atoms with van der Waals surface area (Å²) in [6.45, 7) is 4.13. The quantitative estimate of drug-likeness (QED) is 0.875. The Bertz CT molecular complexity index is 414. The molecule has 0 radical (unpaired) electrons. The zero-order valence-corrected chi connectivity index (χ0v) is 11.1. The molecule has 0 aliphatic heterocycles. The molecule has 0 heterocycles. The number of benzene rings is 1. The van der Waals surface area contributed by atoms with Gasteiger partial charge in [0.15, 0.2) is 0 Å². The topological polar surface area (TPSA) is 45.0 Å². The fourth-order valence-electron chi connectivity index (χ4n) is 1.47. The Kier molecular flexibility index (Phi) is 5.27. The molecule has 0 bridgehead atoms. The normalized spacial score (nSPS) is 13.8. The Balaban J connectivity index is 2.90. The molecule has 3 nitrogen and oxygen atoms in total. The number of rotatable bonds is 5. The van der Waals surface area contributed by atoms with Gasteiger partial charge in [0, 0.05) is 6.04 Å². The van der Waals surface area contributed by atoms with Crippen LogP contribution in [-0.4, -0.2) is 13.2 Å². The minimum Gasteiger partial charge on any atom is -0.495 e. The Morgan fingerprint density at radius 1 is 1.53 bits per heavy atom.